The summed E-state index contributed by atoms with van der Waals surface area (Å²) < 4.78 is 32.3. The van der Waals surface area contributed by atoms with Crippen LogP contribution in [0.2, 0.25) is 0 Å². The minimum absolute atomic E-state index is 0.264. The summed E-state index contributed by atoms with van der Waals surface area (Å²) in [7, 11) is -1.91. The summed E-state index contributed by atoms with van der Waals surface area (Å²) in [5.41, 5.74) is 0.0428. The molecular formula is C18H25NO5S. The largest absolute Gasteiger partial charge is 0.496 e. The zero-order valence-corrected chi connectivity index (χ0v) is 15.3. The van der Waals surface area contributed by atoms with Crippen LogP contribution in [0.4, 0.5) is 0 Å². The summed E-state index contributed by atoms with van der Waals surface area (Å²) >= 11 is 0. The van der Waals surface area contributed by atoms with Crippen LogP contribution in [-0.2, 0) is 14.8 Å². The second-order valence-corrected chi connectivity index (χ2v) is 9.08. The maximum Gasteiger partial charge on any atom is 0.310 e. The minimum atomic E-state index is -3.55. The van der Waals surface area contributed by atoms with Gasteiger partial charge in [0, 0.05) is 13.1 Å². The van der Waals surface area contributed by atoms with Gasteiger partial charge in [-0.1, -0.05) is 24.6 Å². The lowest BCUT2D eigenvalue weighted by molar-refractivity contribution is -0.152. The highest BCUT2D eigenvalue weighted by Crippen LogP contribution is 2.43. The van der Waals surface area contributed by atoms with Crippen molar-refractivity contribution < 1.29 is 23.1 Å². The molecule has 1 aromatic rings. The third-order valence-electron chi connectivity index (χ3n) is 5.65. The van der Waals surface area contributed by atoms with Crippen LogP contribution in [0.3, 0.4) is 0 Å². The van der Waals surface area contributed by atoms with Gasteiger partial charge in [-0.05, 0) is 43.2 Å². The number of aliphatic carboxylic acids is 1. The Hall–Kier alpha value is -1.60. The summed E-state index contributed by atoms with van der Waals surface area (Å²) in [4.78, 5) is 11.5. The van der Waals surface area contributed by atoms with E-state index in [1.165, 1.54) is 4.31 Å². The van der Waals surface area contributed by atoms with Gasteiger partial charge in [-0.25, -0.2) is 12.7 Å². The number of ether oxygens (including phenoxy) is 1. The molecule has 1 saturated heterocycles. The Morgan fingerprint density at radius 1 is 1.28 bits per heavy atom. The van der Waals surface area contributed by atoms with E-state index in [9.17, 15) is 18.3 Å². The van der Waals surface area contributed by atoms with E-state index in [4.69, 9.17) is 4.74 Å². The lowest BCUT2D eigenvalue weighted by Crippen LogP contribution is -2.49. The fourth-order valence-corrected chi connectivity index (χ4v) is 5.97. The Bertz CT molecular complexity index is 734. The van der Waals surface area contributed by atoms with Gasteiger partial charge < -0.3 is 9.84 Å². The second-order valence-electron chi connectivity index (χ2n) is 7.11. The Balaban J connectivity index is 1.66. The van der Waals surface area contributed by atoms with Crippen molar-refractivity contribution in [3.8, 4) is 5.75 Å². The summed E-state index contributed by atoms with van der Waals surface area (Å²) in [6.07, 6.45) is 3.15. The van der Waals surface area contributed by atoms with Crippen molar-refractivity contribution in [2.45, 2.75) is 38.0 Å². The van der Waals surface area contributed by atoms with Gasteiger partial charge in [-0.15, -0.1) is 0 Å². The molecule has 1 aliphatic heterocycles. The maximum absolute atomic E-state index is 12.7. The minimum Gasteiger partial charge on any atom is -0.496 e. The van der Waals surface area contributed by atoms with E-state index in [-0.39, 0.29) is 11.7 Å². The molecule has 0 bridgehead atoms. The van der Waals surface area contributed by atoms with Crippen LogP contribution in [0.5, 0.6) is 5.75 Å². The number of nitrogens with zero attached hydrogens (tertiary/aromatic N) is 1. The molecule has 0 radical (unpaired) electrons. The SMILES string of the molecule is COc1ccccc1C1CCN(S(=O)(=O)CC2(C(=O)O)CCC2)CC1. The molecule has 1 aliphatic carbocycles. The standard InChI is InChI=1S/C18H25NO5S/c1-24-16-6-3-2-5-15(16)14-7-11-19(12-8-14)25(22,23)13-18(17(20)21)9-4-10-18/h2-3,5-6,14H,4,7-13H2,1H3,(H,20,21). The topological polar surface area (TPSA) is 83.9 Å². The predicted molar refractivity (Wildman–Crippen MR) is 94.2 cm³/mol. The molecule has 1 saturated carbocycles. The Labute approximate surface area is 148 Å². The zero-order chi connectivity index (χ0) is 18.1. The van der Waals surface area contributed by atoms with Crippen LogP contribution >= 0.6 is 0 Å². The van der Waals surface area contributed by atoms with Crippen molar-refractivity contribution in [1.82, 2.24) is 4.31 Å². The van der Waals surface area contributed by atoms with Crippen molar-refractivity contribution in [2.75, 3.05) is 26.0 Å². The highest BCUT2D eigenvalue weighted by molar-refractivity contribution is 7.89. The molecule has 0 atom stereocenters. The molecule has 7 heteroatoms. The number of carboxylic acid groups (broad SMARTS) is 1. The molecule has 1 aromatic carbocycles. The smallest absolute Gasteiger partial charge is 0.310 e. The van der Waals surface area contributed by atoms with Crippen molar-refractivity contribution >= 4 is 16.0 Å². The van der Waals surface area contributed by atoms with Crippen molar-refractivity contribution in [1.29, 1.82) is 0 Å². The number of sulfonamides is 1. The van der Waals surface area contributed by atoms with E-state index < -0.39 is 21.4 Å². The quantitative estimate of drug-likeness (QED) is 0.835. The van der Waals surface area contributed by atoms with Crippen molar-refractivity contribution in [3.05, 3.63) is 29.8 Å². The fraction of sp³-hybridized carbons (Fsp3) is 0.611. The van der Waals surface area contributed by atoms with E-state index in [1.54, 1.807) is 7.11 Å². The van der Waals surface area contributed by atoms with E-state index >= 15 is 0 Å². The first kappa shape index (κ1) is 18.2. The lowest BCUT2D eigenvalue weighted by Gasteiger charge is -2.39. The fourth-order valence-electron chi connectivity index (χ4n) is 3.91. The van der Waals surface area contributed by atoms with Crippen LogP contribution in [-0.4, -0.2) is 49.8 Å². The molecule has 2 aliphatic rings. The summed E-state index contributed by atoms with van der Waals surface area (Å²) in [5, 5.41) is 9.40. The number of piperidine rings is 1. The molecule has 1 N–H and O–H groups in total. The van der Waals surface area contributed by atoms with Crippen molar-refractivity contribution in [2.24, 2.45) is 5.41 Å². The number of carboxylic acids is 1. The second kappa shape index (κ2) is 6.96. The first-order chi connectivity index (χ1) is 11.9. The summed E-state index contributed by atoms with van der Waals surface area (Å²) in [6.45, 7) is 0.863. The number of hydrogen-bond donors (Lipinski definition) is 1. The van der Waals surface area contributed by atoms with Gasteiger partial charge in [0.25, 0.3) is 0 Å². The van der Waals surface area contributed by atoms with E-state index in [0.29, 0.717) is 25.9 Å². The Morgan fingerprint density at radius 3 is 2.44 bits per heavy atom. The number of benzene rings is 1. The average Bonchev–Trinajstić information content (AvgIpc) is 2.58. The third-order valence-corrected chi connectivity index (χ3v) is 7.72. The van der Waals surface area contributed by atoms with Gasteiger partial charge in [0.2, 0.25) is 10.0 Å². The molecule has 0 unspecified atom stereocenters. The Kier molecular flexibility index (Phi) is 5.06. The summed E-state index contributed by atoms with van der Waals surface area (Å²) in [6, 6.07) is 7.84. The van der Waals surface area contributed by atoms with Crippen molar-refractivity contribution in [3.63, 3.8) is 0 Å². The van der Waals surface area contributed by atoms with E-state index in [1.807, 2.05) is 24.3 Å². The van der Waals surface area contributed by atoms with Crippen LogP contribution in [0.15, 0.2) is 24.3 Å². The highest BCUT2D eigenvalue weighted by Gasteiger charge is 2.49. The highest BCUT2D eigenvalue weighted by atomic mass is 32.2. The number of para-hydroxylation sites is 1. The zero-order valence-electron chi connectivity index (χ0n) is 14.5. The molecule has 3 rings (SSSR count). The molecule has 0 spiro atoms. The molecule has 1 heterocycles. The number of rotatable bonds is 6. The molecule has 6 nitrogen and oxygen atoms in total. The van der Waals surface area contributed by atoms with Gasteiger partial charge in [0.15, 0.2) is 0 Å². The first-order valence-electron chi connectivity index (χ1n) is 8.72. The Morgan fingerprint density at radius 2 is 1.92 bits per heavy atom. The summed E-state index contributed by atoms with van der Waals surface area (Å²) in [5.74, 6) is -0.150. The lowest BCUT2D eigenvalue weighted by atomic mass is 9.70. The van der Waals surface area contributed by atoms with Gasteiger partial charge in [-0.3, -0.25) is 4.79 Å². The van der Waals surface area contributed by atoms with Crippen LogP contribution in [0.25, 0.3) is 0 Å². The molecule has 0 amide bonds. The number of hydrogen-bond acceptors (Lipinski definition) is 4. The first-order valence-corrected chi connectivity index (χ1v) is 10.3. The van der Waals surface area contributed by atoms with Crippen LogP contribution in [0.1, 0.15) is 43.6 Å². The van der Waals surface area contributed by atoms with E-state index in [2.05, 4.69) is 0 Å². The van der Waals surface area contributed by atoms with Crippen LogP contribution < -0.4 is 4.74 Å². The van der Waals surface area contributed by atoms with Gasteiger partial charge >= 0.3 is 5.97 Å². The monoisotopic (exact) mass is 367 g/mol. The normalized spacial score (nSPS) is 21.5. The van der Waals surface area contributed by atoms with Gasteiger partial charge in [0.1, 0.15) is 5.75 Å². The molecule has 25 heavy (non-hydrogen) atoms. The molecule has 2 fully saturated rings. The molecule has 138 valence electrons. The third kappa shape index (κ3) is 3.53. The number of carbonyl (C=O) groups is 1. The van der Waals surface area contributed by atoms with Gasteiger partial charge in [-0.2, -0.15) is 0 Å². The van der Waals surface area contributed by atoms with E-state index in [0.717, 1.165) is 30.6 Å². The maximum atomic E-state index is 12.7. The molecule has 0 aromatic heterocycles. The average molecular weight is 367 g/mol. The van der Waals surface area contributed by atoms with Crippen LogP contribution in [0, 0.1) is 5.41 Å². The predicted octanol–water partition coefficient (Wildman–Crippen LogP) is 2.46. The number of methoxy groups -OCH3 is 1. The molecular weight excluding hydrogens is 342 g/mol. The van der Waals surface area contributed by atoms with Gasteiger partial charge in [0.05, 0.1) is 18.3 Å².